The molecule has 21 heavy (non-hydrogen) atoms. The van der Waals surface area contributed by atoms with Crippen molar-refractivity contribution in [2.75, 3.05) is 13.1 Å². The van der Waals surface area contributed by atoms with Gasteiger partial charge in [0.15, 0.2) is 0 Å². The first kappa shape index (κ1) is 15.1. The van der Waals surface area contributed by atoms with Crippen LogP contribution in [-0.2, 0) is 12.8 Å². The Balaban J connectivity index is 1.70. The molecular formula is C16H19N3O2. The van der Waals surface area contributed by atoms with E-state index in [2.05, 4.69) is 17.2 Å². The van der Waals surface area contributed by atoms with Gasteiger partial charge in [0, 0.05) is 24.5 Å². The van der Waals surface area contributed by atoms with Gasteiger partial charge in [-0.3, -0.25) is 15.1 Å². The van der Waals surface area contributed by atoms with Gasteiger partial charge in [0.05, 0.1) is 4.92 Å². The molecule has 2 rings (SSSR count). The lowest BCUT2D eigenvalue weighted by Gasteiger charge is -2.07. The number of nitro groups is 1. The first-order valence-electron chi connectivity index (χ1n) is 7.00. The number of nitro benzene ring substituents is 1. The summed E-state index contributed by atoms with van der Waals surface area (Å²) in [7, 11) is 0. The van der Waals surface area contributed by atoms with Crippen LogP contribution in [0.3, 0.4) is 0 Å². The third kappa shape index (κ3) is 4.65. The second-order valence-corrected chi connectivity index (χ2v) is 4.98. The molecule has 0 atom stereocenters. The number of hydrogen-bond acceptors (Lipinski definition) is 4. The minimum absolute atomic E-state index is 0.139. The summed E-state index contributed by atoms with van der Waals surface area (Å²) in [6.07, 6.45) is 5.55. The van der Waals surface area contributed by atoms with Crippen LogP contribution in [0.1, 0.15) is 16.7 Å². The molecule has 1 N–H and O–H groups in total. The van der Waals surface area contributed by atoms with Crippen molar-refractivity contribution < 1.29 is 4.92 Å². The smallest absolute Gasteiger partial charge is 0.269 e. The Morgan fingerprint density at radius 3 is 2.52 bits per heavy atom. The molecule has 1 heterocycles. The molecule has 0 aliphatic carbocycles. The van der Waals surface area contributed by atoms with Gasteiger partial charge < -0.3 is 5.32 Å². The molecule has 0 aliphatic heterocycles. The summed E-state index contributed by atoms with van der Waals surface area (Å²) >= 11 is 0. The molecule has 0 aliphatic rings. The van der Waals surface area contributed by atoms with E-state index in [4.69, 9.17) is 0 Å². The maximum Gasteiger partial charge on any atom is 0.269 e. The number of non-ortho nitro benzene ring substituents is 1. The number of aryl methyl sites for hydroxylation is 1. The summed E-state index contributed by atoms with van der Waals surface area (Å²) in [5.74, 6) is 0. The molecule has 0 saturated heterocycles. The van der Waals surface area contributed by atoms with Crippen molar-refractivity contribution >= 4 is 5.69 Å². The molecule has 5 heteroatoms. The molecule has 0 unspecified atom stereocenters. The number of hydrogen-bond donors (Lipinski definition) is 1. The third-order valence-electron chi connectivity index (χ3n) is 3.45. The van der Waals surface area contributed by atoms with Gasteiger partial charge in [-0.2, -0.15) is 0 Å². The average Bonchev–Trinajstić information content (AvgIpc) is 2.49. The number of nitrogens with zero attached hydrogens (tertiary/aromatic N) is 2. The van der Waals surface area contributed by atoms with E-state index in [9.17, 15) is 10.1 Å². The molecule has 0 bridgehead atoms. The van der Waals surface area contributed by atoms with Gasteiger partial charge >= 0.3 is 0 Å². The maximum absolute atomic E-state index is 10.6. The van der Waals surface area contributed by atoms with E-state index in [1.807, 2.05) is 30.6 Å². The molecule has 0 fully saturated rings. The lowest BCUT2D eigenvalue weighted by molar-refractivity contribution is -0.384. The number of aromatic nitrogens is 1. The molecule has 0 radical (unpaired) electrons. The van der Waals surface area contributed by atoms with Gasteiger partial charge in [0.25, 0.3) is 5.69 Å². The van der Waals surface area contributed by atoms with Crippen LogP contribution in [-0.4, -0.2) is 23.0 Å². The SMILES string of the molecule is Cc1cnccc1CCNCCc1ccc([N+](=O)[O-])cc1. The van der Waals surface area contributed by atoms with E-state index in [0.717, 1.165) is 31.5 Å². The predicted molar refractivity (Wildman–Crippen MR) is 82.3 cm³/mol. The number of rotatable bonds is 7. The fourth-order valence-electron chi connectivity index (χ4n) is 2.15. The van der Waals surface area contributed by atoms with Crippen LogP contribution in [0.25, 0.3) is 0 Å². The molecular weight excluding hydrogens is 266 g/mol. The molecule has 0 saturated carbocycles. The Morgan fingerprint density at radius 2 is 1.86 bits per heavy atom. The Hall–Kier alpha value is -2.27. The predicted octanol–water partition coefficient (Wildman–Crippen LogP) is 2.67. The Bertz CT molecular complexity index is 597. The summed E-state index contributed by atoms with van der Waals surface area (Å²) in [6, 6.07) is 8.78. The zero-order chi connectivity index (χ0) is 15.1. The number of nitrogens with one attached hydrogen (secondary N) is 1. The monoisotopic (exact) mass is 285 g/mol. The fraction of sp³-hybridized carbons (Fsp3) is 0.312. The van der Waals surface area contributed by atoms with Crippen LogP contribution in [0, 0.1) is 17.0 Å². The zero-order valence-corrected chi connectivity index (χ0v) is 12.1. The highest BCUT2D eigenvalue weighted by Crippen LogP contribution is 2.12. The topological polar surface area (TPSA) is 68.1 Å². The van der Waals surface area contributed by atoms with Crippen LogP contribution in [0.5, 0.6) is 0 Å². The Kier molecular flexibility index (Phi) is 5.40. The highest BCUT2D eigenvalue weighted by molar-refractivity contribution is 5.32. The van der Waals surface area contributed by atoms with Crippen molar-refractivity contribution in [2.45, 2.75) is 19.8 Å². The standard InChI is InChI=1S/C16H19N3O2/c1-13-12-18-11-8-15(13)7-10-17-9-6-14-2-4-16(5-3-14)19(20)21/h2-5,8,11-12,17H,6-7,9-10H2,1H3. The van der Waals surface area contributed by atoms with Crippen LogP contribution in [0.2, 0.25) is 0 Å². The van der Waals surface area contributed by atoms with Crippen LogP contribution in [0.4, 0.5) is 5.69 Å². The zero-order valence-electron chi connectivity index (χ0n) is 12.1. The summed E-state index contributed by atoms with van der Waals surface area (Å²) in [4.78, 5) is 14.3. The number of benzene rings is 1. The first-order valence-corrected chi connectivity index (χ1v) is 7.00. The quantitative estimate of drug-likeness (QED) is 0.482. The van der Waals surface area contributed by atoms with E-state index < -0.39 is 0 Å². The molecule has 0 spiro atoms. The molecule has 2 aromatic rings. The lowest BCUT2D eigenvalue weighted by atomic mass is 10.1. The molecule has 5 nitrogen and oxygen atoms in total. The molecule has 1 aromatic carbocycles. The van der Waals surface area contributed by atoms with Gasteiger partial charge in [0.1, 0.15) is 0 Å². The molecule has 1 aromatic heterocycles. The highest BCUT2D eigenvalue weighted by Gasteiger charge is 2.03. The summed E-state index contributed by atoms with van der Waals surface area (Å²) < 4.78 is 0. The third-order valence-corrected chi connectivity index (χ3v) is 3.45. The molecule has 110 valence electrons. The van der Waals surface area contributed by atoms with Crippen molar-refractivity contribution in [3.8, 4) is 0 Å². The Morgan fingerprint density at radius 1 is 1.14 bits per heavy atom. The van der Waals surface area contributed by atoms with Gasteiger partial charge in [-0.1, -0.05) is 12.1 Å². The van der Waals surface area contributed by atoms with Gasteiger partial charge in [-0.25, -0.2) is 0 Å². The van der Waals surface area contributed by atoms with E-state index >= 15 is 0 Å². The largest absolute Gasteiger partial charge is 0.316 e. The van der Waals surface area contributed by atoms with E-state index in [1.165, 1.54) is 11.1 Å². The minimum atomic E-state index is -0.376. The van der Waals surface area contributed by atoms with Gasteiger partial charge in [-0.15, -0.1) is 0 Å². The van der Waals surface area contributed by atoms with Crippen molar-refractivity contribution in [1.29, 1.82) is 0 Å². The second-order valence-electron chi connectivity index (χ2n) is 4.98. The van der Waals surface area contributed by atoms with E-state index in [0.29, 0.717) is 0 Å². The van der Waals surface area contributed by atoms with Crippen LogP contribution in [0.15, 0.2) is 42.7 Å². The Labute approximate surface area is 124 Å². The minimum Gasteiger partial charge on any atom is -0.316 e. The highest BCUT2D eigenvalue weighted by atomic mass is 16.6. The summed E-state index contributed by atoms with van der Waals surface area (Å²) in [5, 5.41) is 14.0. The second kappa shape index (κ2) is 7.50. The first-order chi connectivity index (χ1) is 10.2. The van der Waals surface area contributed by atoms with E-state index in [-0.39, 0.29) is 10.6 Å². The maximum atomic E-state index is 10.6. The van der Waals surface area contributed by atoms with Gasteiger partial charge in [-0.05, 0) is 55.6 Å². The lowest BCUT2D eigenvalue weighted by Crippen LogP contribution is -2.20. The molecule has 0 amide bonds. The van der Waals surface area contributed by atoms with Gasteiger partial charge in [0.2, 0.25) is 0 Å². The van der Waals surface area contributed by atoms with Crippen molar-refractivity contribution in [3.63, 3.8) is 0 Å². The summed E-state index contributed by atoms with van der Waals surface area (Å²) in [5.41, 5.74) is 3.77. The van der Waals surface area contributed by atoms with Crippen molar-refractivity contribution in [2.24, 2.45) is 0 Å². The normalized spacial score (nSPS) is 10.5. The van der Waals surface area contributed by atoms with Crippen LogP contribution < -0.4 is 5.32 Å². The number of pyridine rings is 1. The fourth-order valence-corrected chi connectivity index (χ4v) is 2.15. The van der Waals surface area contributed by atoms with Crippen molar-refractivity contribution in [1.82, 2.24) is 10.3 Å². The van der Waals surface area contributed by atoms with E-state index in [1.54, 1.807) is 12.1 Å². The average molecular weight is 285 g/mol. The van der Waals surface area contributed by atoms with Crippen LogP contribution >= 0.6 is 0 Å². The van der Waals surface area contributed by atoms with Crippen molar-refractivity contribution in [3.05, 3.63) is 69.5 Å². The summed E-state index contributed by atoms with van der Waals surface area (Å²) in [6.45, 7) is 3.85.